The van der Waals surface area contributed by atoms with Gasteiger partial charge in [-0.3, -0.25) is 4.79 Å². The molecule has 2 rings (SSSR count). The third-order valence-corrected chi connectivity index (χ3v) is 4.12. The van der Waals surface area contributed by atoms with E-state index in [1.165, 1.54) is 12.1 Å². The molecule has 1 aliphatic heterocycles. The van der Waals surface area contributed by atoms with E-state index in [9.17, 15) is 9.18 Å². The number of carbonyl (C=O) groups is 1. The summed E-state index contributed by atoms with van der Waals surface area (Å²) >= 11 is 7.50. The second kappa shape index (κ2) is 5.27. The van der Waals surface area contributed by atoms with Crippen molar-refractivity contribution in [2.45, 2.75) is 17.7 Å². The first-order chi connectivity index (χ1) is 8.09. The van der Waals surface area contributed by atoms with E-state index in [-0.39, 0.29) is 17.1 Å². The van der Waals surface area contributed by atoms with Gasteiger partial charge in [-0.25, -0.2) is 4.39 Å². The quantitative estimate of drug-likeness (QED) is 0.772. The average molecular weight is 274 g/mol. The zero-order valence-electron chi connectivity index (χ0n) is 9.40. The first-order valence-corrected chi connectivity index (χ1v) is 6.89. The highest BCUT2D eigenvalue weighted by Crippen LogP contribution is 2.38. The minimum Gasteiger partial charge on any atom is -0.324 e. The lowest BCUT2D eigenvalue weighted by molar-refractivity contribution is -0.130. The average Bonchev–Trinajstić information content (AvgIpc) is 2.77. The molecule has 92 valence electrons. The van der Waals surface area contributed by atoms with E-state index in [1.54, 1.807) is 35.7 Å². The minimum atomic E-state index is -0.517. The van der Waals surface area contributed by atoms with E-state index in [4.69, 9.17) is 11.6 Å². The molecule has 0 radical (unpaired) electrons. The van der Waals surface area contributed by atoms with Gasteiger partial charge in [0.25, 0.3) is 0 Å². The van der Waals surface area contributed by atoms with Gasteiger partial charge >= 0.3 is 0 Å². The van der Waals surface area contributed by atoms with Gasteiger partial charge in [0.15, 0.2) is 0 Å². The molecule has 0 aliphatic carbocycles. The van der Waals surface area contributed by atoms with Crippen molar-refractivity contribution in [1.82, 2.24) is 4.90 Å². The van der Waals surface area contributed by atoms with Crippen LogP contribution < -0.4 is 0 Å². The molecule has 1 fully saturated rings. The van der Waals surface area contributed by atoms with E-state index < -0.39 is 5.38 Å². The van der Waals surface area contributed by atoms with Crippen LogP contribution in [-0.2, 0) is 4.79 Å². The SMILES string of the molecule is CC(Cl)C(=O)N1CCSC1c1ccc(F)cc1. The summed E-state index contributed by atoms with van der Waals surface area (Å²) in [7, 11) is 0. The Balaban J connectivity index is 2.20. The van der Waals surface area contributed by atoms with Crippen molar-refractivity contribution in [3.63, 3.8) is 0 Å². The fraction of sp³-hybridized carbons (Fsp3) is 0.417. The van der Waals surface area contributed by atoms with Gasteiger partial charge in [-0.2, -0.15) is 0 Å². The predicted molar refractivity (Wildman–Crippen MR) is 68.6 cm³/mol. The van der Waals surface area contributed by atoms with Gasteiger partial charge in [0.05, 0.1) is 0 Å². The molecule has 2 atom stereocenters. The van der Waals surface area contributed by atoms with Crippen LogP contribution >= 0.6 is 23.4 Å². The molecule has 17 heavy (non-hydrogen) atoms. The van der Waals surface area contributed by atoms with Gasteiger partial charge in [-0.15, -0.1) is 23.4 Å². The van der Waals surface area contributed by atoms with E-state index in [1.807, 2.05) is 0 Å². The third kappa shape index (κ3) is 2.75. The van der Waals surface area contributed by atoms with E-state index in [2.05, 4.69) is 0 Å². The van der Waals surface area contributed by atoms with E-state index >= 15 is 0 Å². The van der Waals surface area contributed by atoms with Crippen LogP contribution in [0.15, 0.2) is 24.3 Å². The van der Waals surface area contributed by atoms with Crippen LogP contribution in [0.25, 0.3) is 0 Å². The highest BCUT2D eigenvalue weighted by molar-refractivity contribution is 7.99. The van der Waals surface area contributed by atoms with E-state index in [0.29, 0.717) is 6.54 Å². The lowest BCUT2D eigenvalue weighted by atomic mass is 10.2. The molecule has 1 aromatic carbocycles. The maximum atomic E-state index is 12.8. The Morgan fingerprint density at radius 3 is 2.76 bits per heavy atom. The first kappa shape index (κ1) is 12.7. The maximum absolute atomic E-state index is 12.8. The highest BCUT2D eigenvalue weighted by Gasteiger charge is 2.32. The summed E-state index contributed by atoms with van der Waals surface area (Å²) in [6.07, 6.45) is 0. The van der Waals surface area contributed by atoms with Crippen molar-refractivity contribution in [2.75, 3.05) is 12.3 Å². The molecule has 1 heterocycles. The molecule has 5 heteroatoms. The van der Waals surface area contributed by atoms with Crippen molar-refractivity contribution in [2.24, 2.45) is 0 Å². The van der Waals surface area contributed by atoms with Crippen LogP contribution in [0.1, 0.15) is 17.9 Å². The molecular formula is C12H13ClFNOS. The van der Waals surface area contributed by atoms with Gasteiger partial charge in [-0.05, 0) is 24.6 Å². The minimum absolute atomic E-state index is 0.0377. The Labute approximate surface area is 109 Å². The Kier molecular flexibility index (Phi) is 3.94. The van der Waals surface area contributed by atoms with Gasteiger partial charge in [0, 0.05) is 12.3 Å². The molecular weight excluding hydrogens is 261 g/mol. The Morgan fingerprint density at radius 2 is 2.18 bits per heavy atom. The molecule has 1 saturated heterocycles. The molecule has 0 spiro atoms. The Bertz CT molecular complexity index is 409. The normalized spacial score (nSPS) is 21.6. The first-order valence-electron chi connectivity index (χ1n) is 5.41. The van der Waals surface area contributed by atoms with Crippen molar-refractivity contribution in [3.8, 4) is 0 Å². The molecule has 0 bridgehead atoms. The highest BCUT2D eigenvalue weighted by atomic mass is 35.5. The predicted octanol–water partition coefficient (Wildman–Crippen LogP) is 3.03. The van der Waals surface area contributed by atoms with Crippen molar-refractivity contribution < 1.29 is 9.18 Å². The number of rotatable bonds is 2. The second-order valence-electron chi connectivity index (χ2n) is 3.92. The van der Waals surface area contributed by atoms with Crippen LogP contribution in [0.2, 0.25) is 0 Å². The van der Waals surface area contributed by atoms with Crippen molar-refractivity contribution >= 4 is 29.3 Å². The van der Waals surface area contributed by atoms with Crippen LogP contribution in [0.5, 0.6) is 0 Å². The zero-order chi connectivity index (χ0) is 12.4. The maximum Gasteiger partial charge on any atom is 0.241 e. The number of hydrogen-bond donors (Lipinski definition) is 0. The topological polar surface area (TPSA) is 20.3 Å². The summed E-state index contributed by atoms with van der Waals surface area (Å²) in [5.74, 6) is 0.559. The molecule has 1 amide bonds. The summed E-state index contributed by atoms with van der Waals surface area (Å²) in [6.45, 7) is 2.37. The molecule has 1 aliphatic rings. The smallest absolute Gasteiger partial charge is 0.241 e. The number of carbonyl (C=O) groups excluding carboxylic acids is 1. The number of thioether (sulfide) groups is 1. The van der Waals surface area contributed by atoms with Crippen molar-refractivity contribution in [3.05, 3.63) is 35.6 Å². The lowest BCUT2D eigenvalue weighted by Crippen LogP contribution is -2.35. The number of benzene rings is 1. The number of alkyl halides is 1. The largest absolute Gasteiger partial charge is 0.324 e. The van der Waals surface area contributed by atoms with E-state index in [0.717, 1.165) is 11.3 Å². The second-order valence-corrected chi connectivity index (χ2v) is 5.77. The summed E-state index contributed by atoms with van der Waals surface area (Å²) in [5.41, 5.74) is 0.944. The van der Waals surface area contributed by atoms with Gasteiger partial charge in [-0.1, -0.05) is 12.1 Å². The molecule has 2 unspecified atom stereocenters. The summed E-state index contributed by atoms with van der Waals surface area (Å²) in [6, 6.07) is 6.27. The zero-order valence-corrected chi connectivity index (χ0v) is 11.0. The van der Waals surface area contributed by atoms with Gasteiger partial charge < -0.3 is 4.90 Å². The van der Waals surface area contributed by atoms with Gasteiger partial charge in [0.2, 0.25) is 5.91 Å². The van der Waals surface area contributed by atoms with Crippen LogP contribution in [-0.4, -0.2) is 28.5 Å². The fourth-order valence-corrected chi connectivity index (χ4v) is 3.22. The monoisotopic (exact) mass is 273 g/mol. The van der Waals surface area contributed by atoms with Crippen LogP contribution in [0.4, 0.5) is 4.39 Å². The summed E-state index contributed by atoms with van der Waals surface area (Å²) in [4.78, 5) is 13.7. The van der Waals surface area contributed by atoms with Crippen LogP contribution in [0.3, 0.4) is 0 Å². The molecule has 0 N–H and O–H groups in total. The third-order valence-electron chi connectivity index (χ3n) is 2.67. The lowest BCUT2D eigenvalue weighted by Gasteiger charge is -2.25. The number of halogens is 2. The fourth-order valence-electron chi connectivity index (χ4n) is 1.83. The Morgan fingerprint density at radius 1 is 1.53 bits per heavy atom. The molecule has 1 aromatic rings. The number of amides is 1. The molecule has 0 aromatic heterocycles. The summed E-state index contributed by atoms with van der Waals surface area (Å²) < 4.78 is 12.8. The Hall–Kier alpha value is -0.740. The number of nitrogens with zero attached hydrogens (tertiary/aromatic N) is 1. The van der Waals surface area contributed by atoms with Crippen LogP contribution in [0, 0.1) is 5.82 Å². The van der Waals surface area contributed by atoms with Gasteiger partial charge in [0.1, 0.15) is 16.6 Å². The summed E-state index contributed by atoms with van der Waals surface area (Å²) in [5, 5.41) is -0.555. The number of hydrogen-bond acceptors (Lipinski definition) is 2. The van der Waals surface area contributed by atoms with Crippen molar-refractivity contribution in [1.29, 1.82) is 0 Å². The molecule has 0 saturated carbocycles. The standard InChI is InChI=1S/C12H13ClFNOS/c1-8(13)11(16)15-6-7-17-12(15)9-2-4-10(14)5-3-9/h2-5,8,12H,6-7H2,1H3. The molecule has 2 nitrogen and oxygen atoms in total.